The molecule has 2 aromatic rings. The standard InChI is InChI=1S/C17H23N3O2S/c1-14-12-17(20-9-3-8-18-20)5-4-15(14)13-19(2)16-6-10-23(21,22)11-7-16/h3-5,8-9,12,16H,6-7,10-11,13H2,1-2H3. The minimum absolute atomic E-state index is 0.319. The Morgan fingerprint density at radius 1 is 1.30 bits per heavy atom. The molecule has 0 saturated carbocycles. The summed E-state index contributed by atoms with van der Waals surface area (Å²) in [6.07, 6.45) is 5.18. The second-order valence-electron chi connectivity index (χ2n) is 6.36. The molecule has 1 aromatic heterocycles. The van der Waals surface area contributed by atoms with E-state index in [0.29, 0.717) is 17.5 Å². The van der Waals surface area contributed by atoms with E-state index in [0.717, 1.165) is 25.1 Å². The SMILES string of the molecule is Cc1cc(-n2cccn2)ccc1CN(C)C1CCS(=O)(=O)CC1. The molecule has 5 nitrogen and oxygen atoms in total. The monoisotopic (exact) mass is 333 g/mol. The Labute approximate surface area is 137 Å². The predicted octanol–water partition coefficient (Wildman–Crippen LogP) is 2.19. The molecule has 23 heavy (non-hydrogen) atoms. The van der Waals surface area contributed by atoms with E-state index < -0.39 is 9.84 Å². The van der Waals surface area contributed by atoms with E-state index in [2.05, 4.69) is 42.2 Å². The molecule has 0 spiro atoms. The molecule has 1 aromatic carbocycles. The van der Waals surface area contributed by atoms with E-state index in [4.69, 9.17) is 0 Å². The fourth-order valence-corrected chi connectivity index (χ4v) is 4.60. The summed E-state index contributed by atoms with van der Waals surface area (Å²) in [5.74, 6) is 0.637. The predicted molar refractivity (Wildman–Crippen MR) is 91.4 cm³/mol. The Kier molecular flexibility index (Phi) is 4.55. The summed E-state index contributed by atoms with van der Waals surface area (Å²) in [7, 11) is -0.711. The number of nitrogens with zero attached hydrogens (tertiary/aromatic N) is 3. The molecule has 124 valence electrons. The normalized spacial score (nSPS) is 18.4. The summed E-state index contributed by atoms with van der Waals surface area (Å²) in [4.78, 5) is 2.28. The maximum atomic E-state index is 11.6. The molecule has 1 fully saturated rings. The van der Waals surface area contributed by atoms with E-state index in [9.17, 15) is 8.42 Å². The van der Waals surface area contributed by atoms with Crippen LogP contribution in [0.25, 0.3) is 5.69 Å². The van der Waals surface area contributed by atoms with Gasteiger partial charge in [0.05, 0.1) is 17.2 Å². The van der Waals surface area contributed by atoms with Gasteiger partial charge in [0, 0.05) is 25.0 Å². The zero-order valence-corrected chi connectivity index (χ0v) is 14.5. The highest BCUT2D eigenvalue weighted by atomic mass is 32.2. The van der Waals surface area contributed by atoms with Gasteiger partial charge >= 0.3 is 0 Å². The van der Waals surface area contributed by atoms with Gasteiger partial charge in [0.2, 0.25) is 0 Å². The first-order valence-electron chi connectivity index (χ1n) is 7.95. The van der Waals surface area contributed by atoms with Gasteiger partial charge in [-0.2, -0.15) is 5.10 Å². The molecule has 0 atom stereocenters. The van der Waals surface area contributed by atoms with Crippen LogP contribution in [0.1, 0.15) is 24.0 Å². The lowest BCUT2D eigenvalue weighted by atomic mass is 10.1. The number of sulfone groups is 1. The van der Waals surface area contributed by atoms with Crippen LogP contribution in [-0.4, -0.2) is 47.7 Å². The van der Waals surface area contributed by atoms with E-state index in [1.807, 2.05) is 16.9 Å². The molecular weight excluding hydrogens is 310 g/mol. The second kappa shape index (κ2) is 6.45. The van der Waals surface area contributed by atoms with Crippen molar-refractivity contribution in [1.82, 2.24) is 14.7 Å². The zero-order valence-electron chi connectivity index (χ0n) is 13.6. The average Bonchev–Trinajstić information content (AvgIpc) is 3.03. The topological polar surface area (TPSA) is 55.2 Å². The summed E-state index contributed by atoms with van der Waals surface area (Å²) < 4.78 is 25.0. The van der Waals surface area contributed by atoms with Crippen LogP contribution in [-0.2, 0) is 16.4 Å². The molecule has 1 aliphatic heterocycles. The number of aryl methyl sites for hydroxylation is 1. The van der Waals surface area contributed by atoms with Crippen molar-refractivity contribution >= 4 is 9.84 Å². The molecule has 1 saturated heterocycles. The average molecular weight is 333 g/mol. The Bertz CT molecular complexity index is 755. The smallest absolute Gasteiger partial charge is 0.150 e. The third kappa shape index (κ3) is 3.82. The quantitative estimate of drug-likeness (QED) is 0.861. The van der Waals surface area contributed by atoms with Crippen LogP contribution in [0.5, 0.6) is 0 Å². The Balaban J connectivity index is 1.68. The van der Waals surface area contributed by atoms with E-state index >= 15 is 0 Å². The third-order valence-corrected chi connectivity index (χ3v) is 6.38. The van der Waals surface area contributed by atoms with Gasteiger partial charge in [-0.3, -0.25) is 4.90 Å². The number of rotatable bonds is 4. The third-order valence-electron chi connectivity index (χ3n) is 4.66. The highest BCUT2D eigenvalue weighted by Crippen LogP contribution is 2.21. The first kappa shape index (κ1) is 16.2. The van der Waals surface area contributed by atoms with Crippen LogP contribution in [0, 0.1) is 6.92 Å². The molecule has 0 radical (unpaired) electrons. The maximum Gasteiger partial charge on any atom is 0.150 e. The van der Waals surface area contributed by atoms with Gasteiger partial charge in [-0.15, -0.1) is 0 Å². The lowest BCUT2D eigenvalue weighted by molar-refractivity contribution is 0.218. The van der Waals surface area contributed by atoms with Crippen LogP contribution in [0.15, 0.2) is 36.7 Å². The lowest BCUT2D eigenvalue weighted by Crippen LogP contribution is -2.38. The summed E-state index contributed by atoms with van der Waals surface area (Å²) in [5, 5.41) is 4.25. The largest absolute Gasteiger partial charge is 0.299 e. The Morgan fingerprint density at radius 2 is 2.04 bits per heavy atom. The fraction of sp³-hybridized carbons (Fsp3) is 0.471. The molecule has 2 heterocycles. The molecule has 0 aliphatic carbocycles. The van der Waals surface area contributed by atoms with Crippen molar-refractivity contribution in [3.8, 4) is 5.69 Å². The van der Waals surface area contributed by atoms with Crippen molar-refractivity contribution in [2.45, 2.75) is 32.4 Å². The van der Waals surface area contributed by atoms with Crippen LogP contribution < -0.4 is 0 Å². The van der Waals surface area contributed by atoms with Gasteiger partial charge in [0.15, 0.2) is 0 Å². The van der Waals surface area contributed by atoms with Crippen molar-refractivity contribution in [2.24, 2.45) is 0 Å². The highest BCUT2D eigenvalue weighted by Gasteiger charge is 2.26. The van der Waals surface area contributed by atoms with Crippen LogP contribution in [0.2, 0.25) is 0 Å². The highest BCUT2D eigenvalue weighted by molar-refractivity contribution is 7.91. The van der Waals surface area contributed by atoms with Gasteiger partial charge in [-0.1, -0.05) is 6.07 Å². The van der Waals surface area contributed by atoms with Gasteiger partial charge < -0.3 is 0 Å². The van der Waals surface area contributed by atoms with Crippen molar-refractivity contribution in [2.75, 3.05) is 18.6 Å². The fourth-order valence-electron chi connectivity index (χ4n) is 3.14. The molecule has 0 N–H and O–H groups in total. The zero-order chi connectivity index (χ0) is 16.4. The molecular formula is C17H23N3O2S. The van der Waals surface area contributed by atoms with Gasteiger partial charge in [-0.25, -0.2) is 13.1 Å². The van der Waals surface area contributed by atoms with E-state index in [1.165, 1.54) is 11.1 Å². The molecule has 0 amide bonds. The van der Waals surface area contributed by atoms with Gasteiger partial charge in [0.1, 0.15) is 9.84 Å². The van der Waals surface area contributed by atoms with Crippen molar-refractivity contribution in [1.29, 1.82) is 0 Å². The number of benzene rings is 1. The number of hydrogen-bond acceptors (Lipinski definition) is 4. The Hall–Kier alpha value is -1.66. The second-order valence-corrected chi connectivity index (χ2v) is 8.66. The van der Waals surface area contributed by atoms with Crippen LogP contribution >= 0.6 is 0 Å². The number of aromatic nitrogens is 2. The molecule has 0 bridgehead atoms. The number of hydrogen-bond donors (Lipinski definition) is 0. The first-order chi connectivity index (χ1) is 10.9. The first-order valence-corrected chi connectivity index (χ1v) is 9.77. The van der Waals surface area contributed by atoms with Crippen molar-refractivity contribution in [3.63, 3.8) is 0 Å². The minimum Gasteiger partial charge on any atom is -0.299 e. The Morgan fingerprint density at radius 3 is 2.65 bits per heavy atom. The van der Waals surface area contributed by atoms with E-state index in [-0.39, 0.29) is 0 Å². The minimum atomic E-state index is -2.80. The van der Waals surface area contributed by atoms with Crippen molar-refractivity contribution in [3.05, 3.63) is 47.8 Å². The van der Waals surface area contributed by atoms with Crippen LogP contribution in [0.3, 0.4) is 0 Å². The summed E-state index contributed by atoms with van der Waals surface area (Å²) in [6.45, 7) is 2.96. The summed E-state index contributed by atoms with van der Waals surface area (Å²) in [5.41, 5.74) is 3.56. The van der Waals surface area contributed by atoms with E-state index in [1.54, 1.807) is 6.20 Å². The van der Waals surface area contributed by atoms with Crippen molar-refractivity contribution < 1.29 is 8.42 Å². The summed E-state index contributed by atoms with van der Waals surface area (Å²) in [6, 6.07) is 8.62. The maximum absolute atomic E-state index is 11.6. The van der Waals surface area contributed by atoms with Gasteiger partial charge in [-0.05, 0) is 56.1 Å². The molecule has 3 rings (SSSR count). The molecule has 1 aliphatic rings. The summed E-state index contributed by atoms with van der Waals surface area (Å²) >= 11 is 0. The lowest BCUT2D eigenvalue weighted by Gasteiger charge is -2.31. The van der Waals surface area contributed by atoms with Gasteiger partial charge in [0.25, 0.3) is 0 Å². The van der Waals surface area contributed by atoms with Crippen LogP contribution in [0.4, 0.5) is 0 Å². The molecule has 6 heteroatoms. The molecule has 0 unspecified atom stereocenters.